The van der Waals surface area contributed by atoms with Crippen molar-refractivity contribution >= 4 is 27.5 Å². The Morgan fingerprint density at radius 1 is 1.05 bits per heavy atom. The smallest absolute Gasteiger partial charge is 0.0719 e. The van der Waals surface area contributed by atoms with Gasteiger partial charge in [0.05, 0.1) is 6.61 Å². The van der Waals surface area contributed by atoms with Crippen LogP contribution in [0.2, 0.25) is 5.02 Å². The summed E-state index contributed by atoms with van der Waals surface area (Å²) in [5.74, 6) is 0. The van der Waals surface area contributed by atoms with Gasteiger partial charge in [-0.05, 0) is 35.7 Å². The van der Waals surface area contributed by atoms with Gasteiger partial charge in [0, 0.05) is 29.2 Å². The van der Waals surface area contributed by atoms with E-state index in [9.17, 15) is 0 Å². The summed E-state index contributed by atoms with van der Waals surface area (Å²) in [6.07, 6.45) is 0. The van der Waals surface area contributed by atoms with Gasteiger partial charge >= 0.3 is 0 Å². The lowest BCUT2D eigenvalue weighted by atomic mass is 10.1. The van der Waals surface area contributed by atoms with E-state index in [-0.39, 0.29) is 0 Å². The van der Waals surface area contributed by atoms with Crippen LogP contribution in [0.25, 0.3) is 0 Å². The number of benzene rings is 2. The van der Waals surface area contributed by atoms with Gasteiger partial charge in [0.1, 0.15) is 0 Å². The molecule has 2 aromatic rings. The lowest BCUT2D eigenvalue weighted by molar-refractivity contribution is 0.133. The second kappa shape index (κ2) is 8.54. The van der Waals surface area contributed by atoms with Crippen LogP contribution in [-0.2, 0) is 24.4 Å². The van der Waals surface area contributed by atoms with Crippen LogP contribution in [0.5, 0.6) is 0 Å². The van der Waals surface area contributed by atoms with E-state index in [1.54, 1.807) is 0 Å². The highest BCUT2D eigenvalue weighted by Crippen LogP contribution is 2.21. The van der Waals surface area contributed by atoms with Gasteiger partial charge in [-0.2, -0.15) is 0 Å². The Kier molecular flexibility index (Phi) is 6.71. The van der Waals surface area contributed by atoms with Gasteiger partial charge in [-0.15, -0.1) is 0 Å². The Morgan fingerprint density at radius 3 is 2.48 bits per heavy atom. The molecule has 0 amide bonds. The van der Waals surface area contributed by atoms with Crippen molar-refractivity contribution < 1.29 is 4.74 Å². The van der Waals surface area contributed by atoms with Crippen LogP contribution < -0.4 is 5.32 Å². The molecule has 2 aromatic carbocycles. The predicted octanol–water partition coefficient (Wildman–Crippen LogP) is 4.93. The number of hydrogen-bond acceptors (Lipinski definition) is 2. The van der Waals surface area contributed by atoms with Crippen molar-refractivity contribution in [1.82, 2.24) is 5.32 Å². The first-order chi connectivity index (χ1) is 10.2. The fourth-order valence-corrected chi connectivity index (χ4v) is 2.90. The highest BCUT2D eigenvalue weighted by Gasteiger charge is 2.03. The Bertz CT molecular complexity index is 589. The third-order valence-corrected chi connectivity index (χ3v) is 4.20. The molecule has 0 aliphatic rings. The molecule has 0 spiro atoms. The highest BCUT2D eigenvalue weighted by molar-refractivity contribution is 9.10. The molecule has 0 aliphatic heterocycles. The van der Waals surface area contributed by atoms with Crippen molar-refractivity contribution in [2.45, 2.75) is 26.6 Å². The molecule has 0 bridgehead atoms. The maximum absolute atomic E-state index is 5.95. The summed E-state index contributed by atoms with van der Waals surface area (Å²) in [5, 5.41) is 4.21. The number of rotatable bonds is 7. The first-order valence-electron chi connectivity index (χ1n) is 7.00. The summed E-state index contributed by atoms with van der Waals surface area (Å²) in [6.45, 7) is 5.02. The molecule has 4 heteroatoms. The normalized spacial score (nSPS) is 10.8. The van der Waals surface area contributed by atoms with Crippen LogP contribution in [-0.4, -0.2) is 6.61 Å². The van der Waals surface area contributed by atoms with Crippen LogP contribution in [0.1, 0.15) is 23.6 Å². The third-order valence-electron chi connectivity index (χ3n) is 3.23. The zero-order valence-corrected chi connectivity index (χ0v) is 14.4. The van der Waals surface area contributed by atoms with Crippen molar-refractivity contribution in [1.29, 1.82) is 0 Å². The summed E-state index contributed by atoms with van der Waals surface area (Å²) < 4.78 is 6.54. The second-order valence-corrected chi connectivity index (χ2v) is 6.04. The average molecular weight is 369 g/mol. The SMILES string of the molecule is CCOCc1ccccc1CNCc1ccc(Cl)cc1Br. The van der Waals surface area contributed by atoms with Crippen LogP contribution in [0.3, 0.4) is 0 Å². The van der Waals surface area contributed by atoms with Crippen molar-refractivity contribution in [2.75, 3.05) is 6.61 Å². The summed E-state index contributed by atoms with van der Waals surface area (Å²) >= 11 is 9.49. The fourth-order valence-electron chi connectivity index (χ4n) is 2.08. The third kappa shape index (κ3) is 5.11. The molecule has 2 nitrogen and oxygen atoms in total. The molecule has 0 fully saturated rings. The summed E-state index contributed by atoms with van der Waals surface area (Å²) in [4.78, 5) is 0. The van der Waals surface area contributed by atoms with Gasteiger partial charge in [-0.25, -0.2) is 0 Å². The maximum Gasteiger partial charge on any atom is 0.0719 e. The molecule has 0 unspecified atom stereocenters. The largest absolute Gasteiger partial charge is 0.377 e. The number of hydrogen-bond donors (Lipinski definition) is 1. The summed E-state index contributed by atoms with van der Waals surface area (Å²) in [7, 11) is 0. The maximum atomic E-state index is 5.95. The molecule has 21 heavy (non-hydrogen) atoms. The summed E-state index contributed by atoms with van der Waals surface area (Å²) in [6, 6.07) is 14.2. The van der Waals surface area contributed by atoms with E-state index in [2.05, 4.69) is 39.4 Å². The molecule has 0 saturated carbocycles. The lowest BCUT2D eigenvalue weighted by Gasteiger charge is -2.11. The predicted molar refractivity (Wildman–Crippen MR) is 91.5 cm³/mol. The Morgan fingerprint density at radius 2 is 1.76 bits per heavy atom. The minimum absolute atomic E-state index is 0.666. The van der Waals surface area contributed by atoms with E-state index < -0.39 is 0 Å². The Balaban J connectivity index is 1.94. The van der Waals surface area contributed by atoms with Crippen molar-refractivity contribution in [2.24, 2.45) is 0 Å². The van der Waals surface area contributed by atoms with Crippen molar-refractivity contribution in [3.05, 3.63) is 68.7 Å². The molecule has 0 saturated heterocycles. The van der Waals surface area contributed by atoms with Gasteiger partial charge in [0.2, 0.25) is 0 Å². The zero-order chi connectivity index (χ0) is 15.1. The van der Waals surface area contributed by atoms with Crippen LogP contribution in [0.15, 0.2) is 46.9 Å². The lowest BCUT2D eigenvalue weighted by Crippen LogP contribution is -2.14. The molecule has 0 aliphatic carbocycles. The van der Waals surface area contributed by atoms with Gasteiger partial charge < -0.3 is 10.1 Å². The quantitative estimate of drug-likeness (QED) is 0.748. The van der Waals surface area contributed by atoms with Gasteiger partial charge in [0.15, 0.2) is 0 Å². The van der Waals surface area contributed by atoms with E-state index >= 15 is 0 Å². The molecule has 0 heterocycles. The van der Waals surface area contributed by atoms with E-state index in [4.69, 9.17) is 16.3 Å². The first-order valence-corrected chi connectivity index (χ1v) is 8.17. The minimum Gasteiger partial charge on any atom is -0.377 e. The van der Waals surface area contributed by atoms with Crippen molar-refractivity contribution in [3.8, 4) is 0 Å². The molecule has 1 N–H and O–H groups in total. The monoisotopic (exact) mass is 367 g/mol. The molecule has 0 aromatic heterocycles. The van der Waals surface area contributed by atoms with Crippen molar-refractivity contribution in [3.63, 3.8) is 0 Å². The minimum atomic E-state index is 0.666. The average Bonchev–Trinajstić information content (AvgIpc) is 2.48. The first kappa shape index (κ1) is 16.5. The number of nitrogens with one attached hydrogen (secondary N) is 1. The van der Waals surface area contributed by atoms with E-state index in [0.29, 0.717) is 6.61 Å². The summed E-state index contributed by atoms with van der Waals surface area (Å²) in [5.41, 5.74) is 3.71. The van der Waals surface area contributed by atoms with E-state index in [1.807, 2.05) is 31.2 Å². The fraction of sp³-hybridized carbons (Fsp3) is 0.294. The molecular formula is C17H19BrClNO. The van der Waals surface area contributed by atoms with E-state index in [0.717, 1.165) is 29.2 Å². The topological polar surface area (TPSA) is 21.3 Å². The van der Waals surface area contributed by atoms with Gasteiger partial charge in [-0.1, -0.05) is 57.9 Å². The second-order valence-electron chi connectivity index (χ2n) is 4.75. The zero-order valence-electron chi connectivity index (χ0n) is 12.0. The van der Waals surface area contributed by atoms with Crippen LogP contribution in [0, 0.1) is 0 Å². The van der Waals surface area contributed by atoms with Gasteiger partial charge in [0.25, 0.3) is 0 Å². The molecule has 0 radical (unpaired) electrons. The molecule has 0 atom stereocenters. The molecule has 2 rings (SSSR count). The van der Waals surface area contributed by atoms with Crippen LogP contribution >= 0.6 is 27.5 Å². The highest BCUT2D eigenvalue weighted by atomic mass is 79.9. The molecule has 112 valence electrons. The Labute approximate surface area is 139 Å². The standard InChI is InChI=1S/C17H19BrClNO/c1-2-21-12-15-6-4-3-5-13(15)10-20-11-14-7-8-16(19)9-17(14)18/h3-9,20H,2,10-12H2,1H3. The van der Waals surface area contributed by atoms with E-state index in [1.165, 1.54) is 16.7 Å². The van der Waals surface area contributed by atoms with Crippen LogP contribution in [0.4, 0.5) is 0 Å². The Hall–Kier alpha value is -0.870. The molecular weight excluding hydrogens is 350 g/mol. The number of ether oxygens (including phenoxy) is 1. The number of halogens is 2. The van der Waals surface area contributed by atoms with Gasteiger partial charge in [-0.3, -0.25) is 0 Å².